The van der Waals surface area contributed by atoms with Gasteiger partial charge in [-0.15, -0.1) is 11.3 Å². The van der Waals surface area contributed by atoms with Crippen molar-refractivity contribution in [2.45, 2.75) is 32.6 Å². The Labute approximate surface area is 97.6 Å². The van der Waals surface area contributed by atoms with Gasteiger partial charge in [0, 0.05) is 16.8 Å². The number of carboxylic acids is 1. The Morgan fingerprint density at radius 3 is 3.00 bits per heavy atom. The largest absolute Gasteiger partial charge is 0.481 e. The summed E-state index contributed by atoms with van der Waals surface area (Å²) < 4.78 is 2.08. The Morgan fingerprint density at radius 2 is 2.38 bits per heavy atom. The van der Waals surface area contributed by atoms with Gasteiger partial charge < -0.3 is 5.11 Å². The SMILES string of the molecule is CC(C)c1cnc2scc(CCC(=O)O)n12. The summed E-state index contributed by atoms with van der Waals surface area (Å²) in [6, 6.07) is 0. The summed E-state index contributed by atoms with van der Waals surface area (Å²) in [4.78, 5) is 15.8. The second-order valence-corrected chi connectivity index (χ2v) is 4.91. The van der Waals surface area contributed by atoms with E-state index >= 15 is 0 Å². The lowest BCUT2D eigenvalue weighted by atomic mass is 10.1. The van der Waals surface area contributed by atoms with Crippen LogP contribution in [-0.2, 0) is 11.2 Å². The zero-order chi connectivity index (χ0) is 11.7. The topological polar surface area (TPSA) is 54.6 Å². The predicted octanol–water partition coefficient (Wildman–Crippen LogP) is 2.54. The van der Waals surface area contributed by atoms with E-state index in [2.05, 4.69) is 23.2 Å². The number of imidazole rings is 1. The van der Waals surface area contributed by atoms with Crippen LogP contribution in [0.2, 0.25) is 0 Å². The van der Waals surface area contributed by atoms with E-state index in [1.165, 1.54) is 0 Å². The Bertz CT molecular complexity index is 513. The average molecular weight is 238 g/mol. The van der Waals surface area contributed by atoms with Crippen molar-refractivity contribution >= 4 is 22.3 Å². The standard InChI is InChI=1S/C11H14N2O2S/c1-7(2)9-5-12-11-13(9)8(6-16-11)3-4-10(14)15/h5-7H,3-4H2,1-2H3,(H,14,15). The number of rotatable bonds is 4. The number of aliphatic carboxylic acids is 1. The first-order valence-electron chi connectivity index (χ1n) is 5.25. The van der Waals surface area contributed by atoms with Gasteiger partial charge >= 0.3 is 5.97 Å². The highest BCUT2D eigenvalue weighted by molar-refractivity contribution is 7.15. The molecule has 0 spiro atoms. The third kappa shape index (κ3) is 1.95. The van der Waals surface area contributed by atoms with Gasteiger partial charge in [0.1, 0.15) is 0 Å². The highest BCUT2D eigenvalue weighted by atomic mass is 32.1. The van der Waals surface area contributed by atoms with E-state index in [1.807, 2.05) is 11.6 Å². The third-order valence-electron chi connectivity index (χ3n) is 2.53. The fourth-order valence-electron chi connectivity index (χ4n) is 1.71. The third-order valence-corrected chi connectivity index (χ3v) is 3.42. The second kappa shape index (κ2) is 4.25. The van der Waals surface area contributed by atoms with Crippen molar-refractivity contribution in [1.82, 2.24) is 9.38 Å². The summed E-state index contributed by atoms with van der Waals surface area (Å²) in [6.45, 7) is 4.23. The zero-order valence-electron chi connectivity index (χ0n) is 9.30. The lowest BCUT2D eigenvalue weighted by Gasteiger charge is -2.05. The monoisotopic (exact) mass is 238 g/mol. The highest BCUT2D eigenvalue weighted by Crippen LogP contribution is 2.23. The molecular formula is C11H14N2O2S. The molecule has 86 valence electrons. The molecule has 2 rings (SSSR count). The van der Waals surface area contributed by atoms with Gasteiger partial charge in [-0.25, -0.2) is 4.98 Å². The van der Waals surface area contributed by atoms with Crippen LogP contribution in [0, 0.1) is 0 Å². The van der Waals surface area contributed by atoms with Crippen molar-refractivity contribution in [3.05, 3.63) is 23.0 Å². The Morgan fingerprint density at radius 1 is 1.62 bits per heavy atom. The Kier molecular flexibility index (Phi) is 2.96. The van der Waals surface area contributed by atoms with E-state index in [-0.39, 0.29) is 6.42 Å². The van der Waals surface area contributed by atoms with Crippen molar-refractivity contribution in [2.24, 2.45) is 0 Å². The van der Waals surface area contributed by atoms with E-state index in [1.54, 1.807) is 11.3 Å². The molecule has 0 aliphatic rings. The van der Waals surface area contributed by atoms with E-state index in [4.69, 9.17) is 5.11 Å². The van der Waals surface area contributed by atoms with Crippen molar-refractivity contribution in [3.63, 3.8) is 0 Å². The molecule has 0 bridgehead atoms. The molecule has 0 aliphatic carbocycles. The molecule has 16 heavy (non-hydrogen) atoms. The smallest absolute Gasteiger partial charge is 0.303 e. The molecule has 2 heterocycles. The lowest BCUT2D eigenvalue weighted by molar-refractivity contribution is -0.136. The van der Waals surface area contributed by atoms with Gasteiger partial charge in [0.15, 0.2) is 4.96 Å². The molecular weight excluding hydrogens is 224 g/mol. The molecule has 0 radical (unpaired) electrons. The summed E-state index contributed by atoms with van der Waals surface area (Å²) in [7, 11) is 0. The van der Waals surface area contributed by atoms with E-state index in [0.29, 0.717) is 12.3 Å². The molecule has 0 saturated carbocycles. The van der Waals surface area contributed by atoms with Crippen LogP contribution in [0.4, 0.5) is 0 Å². The van der Waals surface area contributed by atoms with Gasteiger partial charge in [-0.05, 0) is 12.3 Å². The second-order valence-electron chi connectivity index (χ2n) is 4.08. The van der Waals surface area contributed by atoms with Crippen molar-refractivity contribution in [3.8, 4) is 0 Å². The number of carboxylic acid groups (broad SMARTS) is 1. The number of fused-ring (bicyclic) bond motifs is 1. The number of thiazole rings is 1. The van der Waals surface area contributed by atoms with Crippen LogP contribution in [-0.4, -0.2) is 20.5 Å². The minimum Gasteiger partial charge on any atom is -0.481 e. The highest BCUT2D eigenvalue weighted by Gasteiger charge is 2.13. The number of hydrogen-bond donors (Lipinski definition) is 1. The number of hydrogen-bond acceptors (Lipinski definition) is 3. The van der Waals surface area contributed by atoms with Crippen molar-refractivity contribution in [1.29, 1.82) is 0 Å². The summed E-state index contributed by atoms with van der Waals surface area (Å²) in [5.41, 5.74) is 2.19. The normalized spacial score (nSPS) is 11.4. The van der Waals surface area contributed by atoms with Crippen LogP contribution in [0.3, 0.4) is 0 Å². The molecule has 0 unspecified atom stereocenters. The number of aromatic nitrogens is 2. The van der Waals surface area contributed by atoms with Crippen LogP contribution in [0.5, 0.6) is 0 Å². The maximum Gasteiger partial charge on any atom is 0.303 e. The van der Waals surface area contributed by atoms with Gasteiger partial charge in [0.25, 0.3) is 0 Å². The minimum atomic E-state index is -0.759. The molecule has 0 saturated heterocycles. The quantitative estimate of drug-likeness (QED) is 0.890. The number of aryl methyl sites for hydroxylation is 1. The van der Waals surface area contributed by atoms with Crippen molar-refractivity contribution in [2.75, 3.05) is 0 Å². The predicted molar refractivity (Wildman–Crippen MR) is 63.1 cm³/mol. The summed E-state index contributed by atoms with van der Waals surface area (Å²) >= 11 is 1.56. The fraction of sp³-hybridized carbons (Fsp3) is 0.455. The lowest BCUT2D eigenvalue weighted by Crippen LogP contribution is -2.02. The van der Waals surface area contributed by atoms with Gasteiger partial charge in [-0.3, -0.25) is 9.20 Å². The van der Waals surface area contributed by atoms with Crippen LogP contribution >= 0.6 is 11.3 Å². The van der Waals surface area contributed by atoms with Gasteiger partial charge in [-0.1, -0.05) is 13.8 Å². The van der Waals surface area contributed by atoms with E-state index < -0.39 is 5.97 Å². The molecule has 0 aliphatic heterocycles. The molecule has 2 aromatic rings. The van der Waals surface area contributed by atoms with Crippen LogP contribution in [0.15, 0.2) is 11.6 Å². The fourth-order valence-corrected chi connectivity index (χ4v) is 2.61. The first-order valence-corrected chi connectivity index (χ1v) is 6.13. The molecule has 2 aromatic heterocycles. The Hall–Kier alpha value is -1.36. The van der Waals surface area contributed by atoms with Gasteiger partial charge in [0.2, 0.25) is 0 Å². The van der Waals surface area contributed by atoms with E-state index in [9.17, 15) is 4.79 Å². The summed E-state index contributed by atoms with van der Waals surface area (Å²) in [6.07, 6.45) is 2.60. The summed E-state index contributed by atoms with van der Waals surface area (Å²) in [5.74, 6) is -0.362. The number of carbonyl (C=O) groups is 1. The maximum atomic E-state index is 10.6. The summed E-state index contributed by atoms with van der Waals surface area (Å²) in [5, 5.41) is 10.7. The minimum absolute atomic E-state index is 0.168. The van der Waals surface area contributed by atoms with Crippen LogP contribution < -0.4 is 0 Å². The van der Waals surface area contributed by atoms with Gasteiger partial charge in [0.05, 0.1) is 12.6 Å². The Balaban J connectivity index is 2.37. The van der Waals surface area contributed by atoms with Crippen LogP contribution in [0.1, 0.15) is 37.6 Å². The first-order chi connectivity index (χ1) is 7.59. The molecule has 0 atom stereocenters. The molecule has 0 amide bonds. The first kappa shape index (κ1) is 11.1. The molecule has 5 heteroatoms. The molecule has 1 N–H and O–H groups in total. The molecule has 0 fully saturated rings. The van der Waals surface area contributed by atoms with Gasteiger partial charge in [-0.2, -0.15) is 0 Å². The van der Waals surface area contributed by atoms with Crippen LogP contribution in [0.25, 0.3) is 4.96 Å². The molecule has 0 aromatic carbocycles. The average Bonchev–Trinajstić information content (AvgIpc) is 2.74. The van der Waals surface area contributed by atoms with Crippen molar-refractivity contribution < 1.29 is 9.90 Å². The van der Waals surface area contributed by atoms with E-state index in [0.717, 1.165) is 16.3 Å². The number of nitrogens with zero attached hydrogens (tertiary/aromatic N) is 2. The molecule has 4 nitrogen and oxygen atoms in total. The maximum absolute atomic E-state index is 10.6. The zero-order valence-corrected chi connectivity index (χ0v) is 10.1.